The van der Waals surface area contributed by atoms with Crippen molar-refractivity contribution in [3.05, 3.63) is 53.6 Å². The molecule has 1 heterocycles. The van der Waals surface area contributed by atoms with Gasteiger partial charge in [0.25, 0.3) is 0 Å². The summed E-state index contributed by atoms with van der Waals surface area (Å²) in [6.45, 7) is 4.58. The molecule has 1 saturated heterocycles. The molecule has 1 atom stereocenters. The molecule has 1 fully saturated rings. The van der Waals surface area contributed by atoms with E-state index in [-0.39, 0.29) is 22.9 Å². The van der Waals surface area contributed by atoms with Crippen molar-refractivity contribution >= 4 is 27.6 Å². The summed E-state index contributed by atoms with van der Waals surface area (Å²) in [5.74, 6) is -0.775. The fourth-order valence-corrected chi connectivity index (χ4v) is 5.35. The molecule has 1 aliphatic heterocycles. The van der Waals surface area contributed by atoms with E-state index in [2.05, 4.69) is 5.32 Å². The second-order valence-corrected chi connectivity index (χ2v) is 9.53. The van der Waals surface area contributed by atoms with Crippen LogP contribution in [-0.4, -0.2) is 51.4 Å². The van der Waals surface area contributed by atoms with Gasteiger partial charge in [0.1, 0.15) is 5.75 Å². The summed E-state index contributed by atoms with van der Waals surface area (Å²) >= 11 is 0. The van der Waals surface area contributed by atoms with Crippen molar-refractivity contribution in [3.63, 3.8) is 0 Å². The van der Waals surface area contributed by atoms with Crippen molar-refractivity contribution in [3.8, 4) is 5.75 Å². The molecule has 2 aromatic carbocycles. The van der Waals surface area contributed by atoms with Gasteiger partial charge in [-0.15, -0.1) is 0 Å². The lowest BCUT2D eigenvalue weighted by Gasteiger charge is -2.31. The number of amides is 1. The lowest BCUT2D eigenvalue weighted by molar-refractivity contribution is -0.120. The van der Waals surface area contributed by atoms with Gasteiger partial charge in [-0.05, 0) is 62.6 Å². The molecule has 0 spiro atoms. The van der Waals surface area contributed by atoms with Gasteiger partial charge < -0.3 is 14.8 Å². The number of sulfonamides is 1. The Morgan fingerprint density at radius 3 is 2.62 bits per heavy atom. The van der Waals surface area contributed by atoms with Crippen LogP contribution in [0.3, 0.4) is 0 Å². The Hall–Kier alpha value is -2.91. The van der Waals surface area contributed by atoms with E-state index in [0.717, 1.165) is 5.56 Å². The van der Waals surface area contributed by atoms with Gasteiger partial charge in [0, 0.05) is 13.1 Å². The predicted octanol–water partition coefficient (Wildman–Crippen LogP) is 3.22. The Balaban J connectivity index is 1.76. The van der Waals surface area contributed by atoms with Crippen LogP contribution in [0.2, 0.25) is 0 Å². The van der Waals surface area contributed by atoms with E-state index < -0.39 is 21.9 Å². The van der Waals surface area contributed by atoms with Gasteiger partial charge in [-0.1, -0.05) is 12.1 Å². The Morgan fingerprint density at radius 1 is 1.19 bits per heavy atom. The first-order chi connectivity index (χ1) is 15.3. The normalized spacial score (nSPS) is 16.9. The number of piperidine rings is 1. The Kier molecular flexibility index (Phi) is 7.52. The largest absolute Gasteiger partial charge is 0.494 e. The van der Waals surface area contributed by atoms with Crippen LogP contribution in [0, 0.1) is 12.8 Å². The zero-order valence-corrected chi connectivity index (χ0v) is 19.3. The van der Waals surface area contributed by atoms with Gasteiger partial charge in [0.2, 0.25) is 15.9 Å². The van der Waals surface area contributed by atoms with Crippen LogP contribution >= 0.6 is 0 Å². The van der Waals surface area contributed by atoms with Gasteiger partial charge in [-0.3, -0.25) is 4.79 Å². The van der Waals surface area contributed by atoms with Crippen molar-refractivity contribution in [2.75, 3.05) is 32.1 Å². The molecule has 2 aromatic rings. The van der Waals surface area contributed by atoms with Crippen molar-refractivity contribution in [2.45, 2.75) is 31.6 Å². The van der Waals surface area contributed by atoms with Crippen molar-refractivity contribution in [1.82, 2.24) is 4.31 Å². The molecule has 0 saturated carbocycles. The SMILES string of the molecule is CCOc1ccc(S(=O)(=O)N2CCC[C@@H](C(=O)Nc3ccccc3C(=O)OC)C2)cc1C. The zero-order valence-electron chi connectivity index (χ0n) is 18.5. The average Bonchev–Trinajstić information content (AvgIpc) is 2.80. The Bertz CT molecular complexity index is 1100. The fraction of sp³-hybridized carbons (Fsp3) is 0.391. The molecule has 1 aliphatic rings. The topological polar surface area (TPSA) is 102 Å². The molecule has 172 valence electrons. The predicted molar refractivity (Wildman–Crippen MR) is 120 cm³/mol. The first-order valence-corrected chi connectivity index (χ1v) is 11.9. The summed E-state index contributed by atoms with van der Waals surface area (Å²) in [7, 11) is -2.49. The van der Waals surface area contributed by atoms with Crippen LogP contribution < -0.4 is 10.1 Å². The second-order valence-electron chi connectivity index (χ2n) is 7.59. The van der Waals surface area contributed by atoms with Crippen molar-refractivity contribution in [2.24, 2.45) is 5.92 Å². The minimum Gasteiger partial charge on any atom is -0.494 e. The number of methoxy groups -OCH3 is 1. The number of carbonyl (C=O) groups excluding carboxylic acids is 2. The third kappa shape index (κ3) is 5.11. The van der Waals surface area contributed by atoms with Gasteiger partial charge in [-0.2, -0.15) is 4.31 Å². The molecule has 8 nitrogen and oxygen atoms in total. The Morgan fingerprint density at radius 2 is 1.94 bits per heavy atom. The van der Waals surface area contributed by atoms with E-state index in [1.54, 1.807) is 43.3 Å². The number of nitrogens with zero attached hydrogens (tertiary/aromatic N) is 1. The van der Waals surface area contributed by atoms with E-state index in [1.165, 1.54) is 17.5 Å². The van der Waals surface area contributed by atoms with E-state index in [0.29, 0.717) is 37.4 Å². The van der Waals surface area contributed by atoms with Gasteiger partial charge >= 0.3 is 5.97 Å². The number of para-hydroxylation sites is 1. The number of hydrogen-bond donors (Lipinski definition) is 1. The van der Waals surface area contributed by atoms with Crippen LogP contribution in [-0.2, 0) is 19.6 Å². The maximum atomic E-state index is 13.2. The maximum absolute atomic E-state index is 13.2. The number of aryl methyl sites for hydroxylation is 1. The van der Waals surface area contributed by atoms with Crippen molar-refractivity contribution < 1.29 is 27.5 Å². The molecule has 0 radical (unpaired) electrons. The number of rotatable bonds is 7. The number of carbonyl (C=O) groups is 2. The molecule has 3 rings (SSSR count). The number of anilines is 1. The highest BCUT2D eigenvalue weighted by atomic mass is 32.2. The first-order valence-electron chi connectivity index (χ1n) is 10.5. The van der Waals surface area contributed by atoms with Gasteiger partial charge in [0.05, 0.1) is 35.8 Å². The summed E-state index contributed by atoms with van der Waals surface area (Å²) in [6.07, 6.45) is 1.12. The monoisotopic (exact) mass is 460 g/mol. The smallest absolute Gasteiger partial charge is 0.339 e. The molecule has 9 heteroatoms. The maximum Gasteiger partial charge on any atom is 0.339 e. The second kappa shape index (κ2) is 10.1. The third-order valence-electron chi connectivity index (χ3n) is 5.43. The molecular formula is C23H28N2O6S. The van der Waals surface area contributed by atoms with Crippen LogP contribution in [0.5, 0.6) is 5.75 Å². The summed E-state index contributed by atoms with van der Waals surface area (Å²) in [5, 5.41) is 2.76. The van der Waals surface area contributed by atoms with Crippen LogP contribution in [0.4, 0.5) is 5.69 Å². The molecule has 32 heavy (non-hydrogen) atoms. The molecule has 1 amide bonds. The summed E-state index contributed by atoms with van der Waals surface area (Å²) in [4.78, 5) is 25.0. The van der Waals surface area contributed by atoms with Crippen LogP contribution in [0.25, 0.3) is 0 Å². The highest BCUT2D eigenvalue weighted by Crippen LogP contribution is 2.28. The van der Waals surface area contributed by atoms with E-state index in [9.17, 15) is 18.0 Å². The van der Waals surface area contributed by atoms with Crippen molar-refractivity contribution in [1.29, 1.82) is 0 Å². The molecule has 0 bridgehead atoms. The Labute approximate surface area is 188 Å². The van der Waals surface area contributed by atoms with Gasteiger partial charge in [-0.25, -0.2) is 13.2 Å². The standard InChI is InChI=1S/C23H28N2O6S/c1-4-31-21-12-11-18(14-16(21)2)32(28,29)25-13-7-8-17(15-25)22(26)24-20-10-6-5-9-19(20)23(27)30-3/h5-6,9-12,14,17H,4,7-8,13,15H2,1-3H3,(H,24,26)/t17-/m1/s1. The van der Waals surface area contributed by atoms with Crippen LogP contribution in [0.15, 0.2) is 47.4 Å². The quantitative estimate of drug-likeness (QED) is 0.637. The number of esters is 1. The lowest BCUT2D eigenvalue weighted by atomic mass is 9.98. The third-order valence-corrected chi connectivity index (χ3v) is 7.29. The number of hydrogen-bond acceptors (Lipinski definition) is 6. The molecule has 1 N–H and O–H groups in total. The summed E-state index contributed by atoms with van der Waals surface area (Å²) < 4.78 is 38.0. The van der Waals surface area contributed by atoms with E-state index in [4.69, 9.17) is 9.47 Å². The average molecular weight is 461 g/mol. The first kappa shape index (κ1) is 23.7. The lowest BCUT2D eigenvalue weighted by Crippen LogP contribution is -2.43. The van der Waals surface area contributed by atoms with E-state index in [1.807, 2.05) is 6.92 Å². The van der Waals surface area contributed by atoms with Crippen LogP contribution in [0.1, 0.15) is 35.7 Å². The molecular weight excluding hydrogens is 432 g/mol. The zero-order chi connectivity index (χ0) is 23.3. The molecule has 0 aliphatic carbocycles. The summed E-state index contributed by atoms with van der Waals surface area (Å²) in [6, 6.07) is 11.3. The fourth-order valence-electron chi connectivity index (χ4n) is 3.74. The highest BCUT2D eigenvalue weighted by molar-refractivity contribution is 7.89. The van der Waals surface area contributed by atoms with Gasteiger partial charge in [0.15, 0.2) is 0 Å². The highest BCUT2D eigenvalue weighted by Gasteiger charge is 2.34. The molecule has 0 unspecified atom stereocenters. The van der Waals surface area contributed by atoms with E-state index >= 15 is 0 Å². The molecule has 0 aromatic heterocycles. The summed E-state index contributed by atoms with van der Waals surface area (Å²) in [5.41, 5.74) is 1.32. The number of benzene rings is 2. The minimum absolute atomic E-state index is 0.0703. The minimum atomic E-state index is -3.76. The number of ether oxygens (including phenoxy) is 2. The number of nitrogens with one attached hydrogen (secondary N) is 1.